The summed E-state index contributed by atoms with van der Waals surface area (Å²) in [6.45, 7) is 2.10. The number of hydrogen-bond acceptors (Lipinski definition) is 9. The zero-order valence-electron chi connectivity index (χ0n) is 16.5. The number of phenols is 1. The summed E-state index contributed by atoms with van der Waals surface area (Å²) < 4.78 is 0.836. The Bertz CT molecular complexity index is 1080. The summed E-state index contributed by atoms with van der Waals surface area (Å²) in [5.41, 5.74) is 8.96. The highest BCUT2D eigenvalue weighted by Crippen LogP contribution is 2.47. The number of aromatic nitrogens is 2. The minimum Gasteiger partial charge on any atom is -0.508 e. The average Bonchev–Trinajstić information content (AvgIpc) is 3.20. The van der Waals surface area contributed by atoms with Crippen molar-refractivity contribution in [1.29, 1.82) is 5.26 Å². The van der Waals surface area contributed by atoms with Gasteiger partial charge in [-0.3, -0.25) is 9.69 Å². The predicted octanol–water partition coefficient (Wildman–Crippen LogP) is 4.05. The maximum Gasteiger partial charge on any atom is 0.219 e. The molecule has 0 fully saturated rings. The maximum atomic E-state index is 13.0. The molecule has 0 radical (unpaired) electrons. The Hall–Kier alpha value is -2.83. The summed E-state index contributed by atoms with van der Waals surface area (Å²) in [6.07, 6.45) is 2.86. The van der Waals surface area contributed by atoms with Gasteiger partial charge in [-0.2, -0.15) is 5.26 Å². The summed E-state index contributed by atoms with van der Waals surface area (Å²) >= 11 is 3.05. The molecule has 30 heavy (non-hydrogen) atoms. The van der Waals surface area contributed by atoms with Crippen molar-refractivity contribution in [2.75, 3.05) is 10.7 Å². The van der Waals surface area contributed by atoms with E-state index in [-0.39, 0.29) is 17.4 Å². The summed E-state index contributed by atoms with van der Waals surface area (Å²) in [5, 5.41) is 28.8. The molecule has 4 rings (SSSR count). The Morgan fingerprint density at radius 3 is 2.80 bits per heavy atom. The first-order valence-corrected chi connectivity index (χ1v) is 11.6. The van der Waals surface area contributed by atoms with Crippen LogP contribution in [-0.4, -0.2) is 26.8 Å². The number of ketones is 1. The van der Waals surface area contributed by atoms with Crippen molar-refractivity contribution in [3.05, 3.63) is 52.5 Å². The van der Waals surface area contributed by atoms with E-state index >= 15 is 0 Å². The third-order valence-electron chi connectivity index (χ3n) is 5.16. The van der Waals surface area contributed by atoms with E-state index in [4.69, 9.17) is 5.73 Å². The van der Waals surface area contributed by atoms with E-state index in [0.717, 1.165) is 34.2 Å². The fraction of sp³-hybridized carbons (Fsp3) is 0.333. The molecule has 1 atom stereocenters. The summed E-state index contributed by atoms with van der Waals surface area (Å²) in [5.74, 6) is 0.828. The van der Waals surface area contributed by atoms with Crippen LogP contribution in [0.2, 0.25) is 0 Å². The van der Waals surface area contributed by atoms with Crippen LogP contribution >= 0.6 is 23.1 Å². The lowest BCUT2D eigenvalue weighted by Crippen LogP contribution is -2.38. The van der Waals surface area contributed by atoms with E-state index in [2.05, 4.69) is 23.2 Å². The van der Waals surface area contributed by atoms with Crippen LogP contribution in [-0.2, 0) is 4.79 Å². The summed E-state index contributed by atoms with van der Waals surface area (Å²) in [4.78, 5) is 14.8. The lowest BCUT2D eigenvalue weighted by molar-refractivity contribution is -0.116. The molecule has 1 unspecified atom stereocenters. The minimum atomic E-state index is -0.545. The number of hydrogen-bond donors (Lipinski definition) is 2. The maximum absolute atomic E-state index is 13.0. The van der Waals surface area contributed by atoms with E-state index < -0.39 is 5.92 Å². The van der Waals surface area contributed by atoms with Crippen LogP contribution in [0.5, 0.6) is 5.75 Å². The molecular weight excluding hydrogens is 418 g/mol. The molecule has 1 aliphatic carbocycles. The number of allylic oxidation sites excluding steroid dienone is 3. The largest absolute Gasteiger partial charge is 0.508 e. The molecular formula is C21H21N5O2S2. The van der Waals surface area contributed by atoms with Gasteiger partial charge in [0.15, 0.2) is 10.1 Å². The van der Waals surface area contributed by atoms with E-state index in [9.17, 15) is 15.2 Å². The standard InChI is InChI=1S/C21H21N5O2S2/c1-2-10-29-21-25-24-20(30-21)26-15-4-3-5-16(28)18(15)17(14(11-22)19(26)23)12-6-8-13(27)9-7-12/h6-9,17,27H,2-5,10,23H2,1H3. The van der Waals surface area contributed by atoms with Gasteiger partial charge in [-0.05, 0) is 37.0 Å². The van der Waals surface area contributed by atoms with Crippen LogP contribution in [0.4, 0.5) is 5.13 Å². The quantitative estimate of drug-likeness (QED) is 0.670. The first-order chi connectivity index (χ1) is 14.5. The highest BCUT2D eigenvalue weighted by atomic mass is 32.2. The van der Waals surface area contributed by atoms with E-state index in [1.807, 2.05) is 0 Å². The average molecular weight is 440 g/mol. The smallest absolute Gasteiger partial charge is 0.219 e. The first-order valence-electron chi connectivity index (χ1n) is 9.76. The monoisotopic (exact) mass is 439 g/mol. The molecule has 1 aromatic heterocycles. The molecule has 2 aromatic rings. The third-order valence-corrected chi connectivity index (χ3v) is 7.40. The van der Waals surface area contributed by atoms with E-state index in [1.54, 1.807) is 40.9 Å². The molecule has 0 saturated carbocycles. The van der Waals surface area contributed by atoms with Gasteiger partial charge in [-0.25, -0.2) is 0 Å². The van der Waals surface area contributed by atoms with E-state index in [0.29, 0.717) is 29.1 Å². The normalized spacial score (nSPS) is 19.1. The molecule has 7 nitrogen and oxygen atoms in total. The number of carbonyl (C=O) groups excluding carboxylic acids is 1. The fourth-order valence-electron chi connectivity index (χ4n) is 3.85. The number of phenolic OH excluding ortho intramolecular Hbond substituents is 1. The van der Waals surface area contributed by atoms with Gasteiger partial charge < -0.3 is 10.8 Å². The molecule has 0 saturated heterocycles. The Balaban J connectivity index is 1.85. The molecule has 0 bridgehead atoms. The van der Waals surface area contributed by atoms with Crippen LogP contribution in [0, 0.1) is 11.3 Å². The lowest BCUT2D eigenvalue weighted by Gasteiger charge is -2.38. The van der Waals surface area contributed by atoms with Gasteiger partial charge in [0.2, 0.25) is 5.13 Å². The van der Waals surface area contributed by atoms with Crippen molar-refractivity contribution in [1.82, 2.24) is 10.2 Å². The van der Waals surface area contributed by atoms with Crippen molar-refractivity contribution in [3.63, 3.8) is 0 Å². The van der Waals surface area contributed by atoms with Gasteiger partial charge in [0.05, 0.1) is 17.6 Å². The lowest BCUT2D eigenvalue weighted by atomic mass is 9.76. The van der Waals surface area contributed by atoms with Gasteiger partial charge in [0.1, 0.15) is 11.6 Å². The van der Waals surface area contributed by atoms with Crippen molar-refractivity contribution in [2.24, 2.45) is 5.73 Å². The number of benzene rings is 1. The summed E-state index contributed by atoms with van der Waals surface area (Å²) in [6, 6.07) is 8.81. The van der Waals surface area contributed by atoms with Crippen LogP contribution in [0.15, 0.2) is 51.3 Å². The van der Waals surface area contributed by atoms with Crippen molar-refractivity contribution in [3.8, 4) is 11.8 Å². The Morgan fingerprint density at radius 1 is 1.33 bits per heavy atom. The van der Waals surface area contributed by atoms with Gasteiger partial charge >= 0.3 is 0 Å². The molecule has 2 heterocycles. The van der Waals surface area contributed by atoms with Crippen LogP contribution in [0.1, 0.15) is 44.1 Å². The van der Waals surface area contributed by atoms with Crippen molar-refractivity contribution >= 4 is 34.0 Å². The number of aromatic hydroxyl groups is 1. The van der Waals surface area contributed by atoms with Gasteiger partial charge in [0, 0.05) is 23.4 Å². The number of nitrogens with two attached hydrogens (primary N) is 1. The molecule has 154 valence electrons. The van der Waals surface area contributed by atoms with Crippen molar-refractivity contribution in [2.45, 2.75) is 42.9 Å². The number of nitrogens with zero attached hydrogens (tertiary/aromatic N) is 4. The van der Waals surface area contributed by atoms with Gasteiger partial charge in [-0.1, -0.05) is 42.2 Å². The van der Waals surface area contributed by atoms with Gasteiger partial charge in [-0.15, -0.1) is 10.2 Å². The topological polar surface area (TPSA) is 116 Å². The molecule has 1 aliphatic heterocycles. The zero-order chi connectivity index (χ0) is 21.3. The number of Topliss-reactive ketones (excluding diaryl/α,β-unsaturated/α-hetero) is 1. The van der Waals surface area contributed by atoms with Crippen molar-refractivity contribution < 1.29 is 9.90 Å². The molecule has 2 aliphatic rings. The fourth-order valence-corrected chi connectivity index (χ4v) is 5.65. The number of anilines is 1. The predicted molar refractivity (Wildman–Crippen MR) is 117 cm³/mol. The molecule has 0 amide bonds. The Kier molecular flexibility index (Phi) is 5.79. The molecule has 3 N–H and O–H groups in total. The highest BCUT2D eigenvalue weighted by Gasteiger charge is 2.41. The number of rotatable bonds is 5. The number of thioether (sulfide) groups is 1. The second-order valence-corrected chi connectivity index (χ2v) is 9.40. The SMILES string of the molecule is CCCSc1nnc(N2C(N)=C(C#N)C(c3ccc(O)cc3)C3=C2CCCC3=O)s1. The Labute approximate surface area is 182 Å². The second-order valence-electron chi connectivity index (χ2n) is 7.11. The van der Waals surface area contributed by atoms with Crippen LogP contribution < -0.4 is 10.6 Å². The Morgan fingerprint density at radius 2 is 2.10 bits per heavy atom. The number of nitriles is 1. The second kappa shape index (κ2) is 8.50. The van der Waals surface area contributed by atoms with Crippen LogP contribution in [0.25, 0.3) is 0 Å². The molecule has 0 spiro atoms. The summed E-state index contributed by atoms with van der Waals surface area (Å²) in [7, 11) is 0. The van der Waals surface area contributed by atoms with Gasteiger partial charge in [0.25, 0.3) is 0 Å². The highest BCUT2D eigenvalue weighted by molar-refractivity contribution is 8.01. The third kappa shape index (κ3) is 3.57. The molecule has 9 heteroatoms. The zero-order valence-corrected chi connectivity index (χ0v) is 18.1. The minimum absolute atomic E-state index is 0.0182. The first kappa shape index (κ1) is 20.4. The number of carbonyl (C=O) groups is 1. The molecule has 1 aromatic carbocycles. The van der Waals surface area contributed by atoms with E-state index in [1.165, 1.54) is 11.3 Å². The van der Waals surface area contributed by atoms with Crippen LogP contribution in [0.3, 0.4) is 0 Å².